The Bertz CT molecular complexity index is 503. The van der Waals surface area contributed by atoms with Crippen molar-refractivity contribution in [2.45, 2.75) is 52.1 Å². The summed E-state index contributed by atoms with van der Waals surface area (Å²) >= 11 is 0. The molecule has 1 amide bonds. The van der Waals surface area contributed by atoms with E-state index in [1.807, 2.05) is 24.3 Å². The lowest BCUT2D eigenvalue weighted by Crippen LogP contribution is -2.34. The Labute approximate surface area is 125 Å². The number of hydrogen-bond acceptors (Lipinski definition) is 3. The van der Waals surface area contributed by atoms with E-state index in [4.69, 9.17) is 4.74 Å². The van der Waals surface area contributed by atoms with Gasteiger partial charge >= 0.3 is 5.97 Å². The van der Waals surface area contributed by atoms with Crippen molar-refractivity contribution in [2.75, 3.05) is 5.32 Å². The van der Waals surface area contributed by atoms with E-state index in [2.05, 4.69) is 19.2 Å². The Morgan fingerprint density at radius 3 is 2.24 bits per heavy atom. The van der Waals surface area contributed by atoms with Crippen LogP contribution in [0, 0.1) is 5.92 Å². The molecule has 21 heavy (non-hydrogen) atoms. The molecule has 1 saturated carbocycles. The molecule has 0 aromatic heterocycles. The number of hydrogen-bond donors (Lipinski definition) is 1. The number of anilines is 1. The molecule has 1 atom stereocenters. The Hall–Kier alpha value is -1.84. The summed E-state index contributed by atoms with van der Waals surface area (Å²) in [5.41, 5.74) is 1.94. The maximum atomic E-state index is 12.0. The van der Waals surface area contributed by atoms with E-state index in [1.165, 1.54) is 5.56 Å². The van der Waals surface area contributed by atoms with Gasteiger partial charge in [0.25, 0.3) is 5.91 Å². The third-order valence-corrected chi connectivity index (χ3v) is 3.95. The van der Waals surface area contributed by atoms with Gasteiger partial charge in [-0.1, -0.05) is 32.4 Å². The molecule has 1 aliphatic rings. The molecule has 1 aromatic carbocycles. The van der Waals surface area contributed by atoms with Crippen LogP contribution in [0.1, 0.15) is 51.5 Å². The molecule has 4 heteroatoms. The predicted molar refractivity (Wildman–Crippen MR) is 82.1 cm³/mol. The van der Waals surface area contributed by atoms with Crippen LogP contribution >= 0.6 is 0 Å². The molecule has 0 saturated heterocycles. The first-order valence-electron chi connectivity index (χ1n) is 7.58. The van der Waals surface area contributed by atoms with Gasteiger partial charge in [-0.3, -0.25) is 9.59 Å². The van der Waals surface area contributed by atoms with E-state index in [9.17, 15) is 9.59 Å². The average molecular weight is 289 g/mol. The summed E-state index contributed by atoms with van der Waals surface area (Å²) in [6.07, 6.45) is 2.07. The fourth-order valence-corrected chi connectivity index (χ4v) is 2.16. The summed E-state index contributed by atoms with van der Waals surface area (Å²) < 4.78 is 5.20. The van der Waals surface area contributed by atoms with Crippen molar-refractivity contribution in [3.63, 3.8) is 0 Å². The molecule has 0 spiro atoms. The summed E-state index contributed by atoms with van der Waals surface area (Å²) in [6.45, 7) is 5.85. The molecular weight excluding hydrogens is 266 g/mol. The number of rotatable bonds is 5. The highest BCUT2D eigenvalue weighted by molar-refractivity contribution is 5.95. The third kappa shape index (κ3) is 4.06. The van der Waals surface area contributed by atoms with Gasteiger partial charge in [0, 0.05) is 5.69 Å². The molecule has 4 nitrogen and oxygen atoms in total. The number of esters is 1. The minimum absolute atomic E-state index is 0.00873. The number of ether oxygens (including phenoxy) is 1. The van der Waals surface area contributed by atoms with Crippen LogP contribution in [0.3, 0.4) is 0 Å². The predicted octanol–water partition coefficient (Wildman–Crippen LogP) is 3.48. The Kier molecular flexibility index (Phi) is 4.99. The molecule has 0 unspecified atom stereocenters. The van der Waals surface area contributed by atoms with E-state index >= 15 is 0 Å². The minimum Gasteiger partial charge on any atom is -0.452 e. The normalized spacial score (nSPS) is 16.2. The number of amides is 1. The van der Waals surface area contributed by atoms with Crippen molar-refractivity contribution in [2.24, 2.45) is 5.92 Å². The summed E-state index contributed by atoms with van der Waals surface area (Å²) in [4.78, 5) is 23.7. The molecule has 2 rings (SSSR count). The molecule has 114 valence electrons. The average Bonchev–Trinajstić information content (AvgIpc) is 2.36. The highest BCUT2D eigenvalue weighted by atomic mass is 16.5. The number of carbonyl (C=O) groups is 2. The van der Waals surface area contributed by atoms with Gasteiger partial charge in [-0.15, -0.1) is 0 Å². The zero-order chi connectivity index (χ0) is 15.4. The van der Waals surface area contributed by atoms with Gasteiger partial charge in [-0.2, -0.15) is 0 Å². The van der Waals surface area contributed by atoms with Crippen LogP contribution < -0.4 is 5.32 Å². The van der Waals surface area contributed by atoms with Crippen molar-refractivity contribution in [1.82, 2.24) is 0 Å². The van der Waals surface area contributed by atoms with E-state index in [-0.39, 0.29) is 17.8 Å². The highest BCUT2D eigenvalue weighted by Gasteiger charge is 2.29. The van der Waals surface area contributed by atoms with E-state index < -0.39 is 6.10 Å². The van der Waals surface area contributed by atoms with Crippen molar-refractivity contribution < 1.29 is 14.3 Å². The standard InChI is InChI=1S/C17H23NO3/c1-11(2)13-7-9-15(10-8-13)18-16(19)12(3)21-17(20)14-5-4-6-14/h7-12,14H,4-6H2,1-3H3,(H,18,19)/t12-/m1/s1. The van der Waals surface area contributed by atoms with Crippen molar-refractivity contribution in [3.8, 4) is 0 Å². The Morgan fingerprint density at radius 1 is 1.14 bits per heavy atom. The molecule has 0 radical (unpaired) electrons. The summed E-state index contributed by atoms with van der Waals surface area (Å²) in [6, 6.07) is 7.72. The van der Waals surface area contributed by atoms with Crippen LogP contribution in [-0.2, 0) is 14.3 Å². The molecule has 0 aliphatic heterocycles. The van der Waals surface area contributed by atoms with Crippen LogP contribution in [0.4, 0.5) is 5.69 Å². The maximum Gasteiger partial charge on any atom is 0.309 e. The summed E-state index contributed by atoms with van der Waals surface area (Å²) in [5, 5.41) is 2.77. The van der Waals surface area contributed by atoms with Crippen LogP contribution in [0.5, 0.6) is 0 Å². The van der Waals surface area contributed by atoms with E-state index in [1.54, 1.807) is 6.92 Å². The molecule has 1 fully saturated rings. The monoisotopic (exact) mass is 289 g/mol. The summed E-state index contributed by atoms with van der Waals surface area (Å²) in [5.74, 6) is -0.0956. The van der Waals surface area contributed by atoms with Gasteiger partial charge in [0.15, 0.2) is 6.10 Å². The topological polar surface area (TPSA) is 55.4 Å². The van der Waals surface area contributed by atoms with Gasteiger partial charge < -0.3 is 10.1 Å². The first-order chi connectivity index (χ1) is 9.97. The lowest BCUT2D eigenvalue weighted by atomic mass is 9.86. The number of benzene rings is 1. The molecule has 1 N–H and O–H groups in total. The lowest BCUT2D eigenvalue weighted by molar-refractivity contribution is -0.159. The van der Waals surface area contributed by atoms with Crippen molar-refractivity contribution in [1.29, 1.82) is 0 Å². The second-order valence-electron chi connectivity index (χ2n) is 5.97. The number of nitrogens with one attached hydrogen (secondary N) is 1. The highest BCUT2D eigenvalue weighted by Crippen LogP contribution is 2.27. The summed E-state index contributed by atoms with van der Waals surface area (Å²) in [7, 11) is 0. The van der Waals surface area contributed by atoms with E-state index in [0.717, 1.165) is 24.9 Å². The zero-order valence-corrected chi connectivity index (χ0v) is 12.9. The third-order valence-electron chi connectivity index (χ3n) is 3.95. The van der Waals surface area contributed by atoms with Crippen LogP contribution in [0.2, 0.25) is 0 Å². The number of carbonyl (C=O) groups excluding carboxylic acids is 2. The maximum absolute atomic E-state index is 12.0. The quantitative estimate of drug-likeness (QED) is 0.844. The second kappa shape index (κ2) is 6.74. The molecule has 0 bridgehead atoms. The van der Waals surface area contributed by atoms with Gasteiger partial charge in [0.2, 0.25) is 0 Å². The van der Waals surface area contributed by atoms with Crippen molar-refractivity contribution >= 4 is 17.6 Å². The first-order valence-corrected chi connectivity index (χ1v) is 7.58. The van der Waals surface area contributed by atoms with Gasteiger partial charge in [-0.25, -0.2) is 0 Å². The SMILES string of the molecule is CC(C)c1ccc(NC(=O)[C@@H](C)OC(=O)C2CCC2)cc1. The van der Waals surface area contributed by atoms with Gasteiger partial charge in [0.1, 0.15) is 0 Å². The minimum atomic E-state index is -0.761. The second-order valence-corrected chi connectivity index (χ2v) is 5.97. The fourth-order valence-electron chi connectivity index (χ4n) is 2.16. The van der Waals surface area contributed by atoms with Gasteiger partial charge in [0.05, 0.1) is 5.92 Å². The Morgan fingerprint density at radius 2 is 1.76 bits per heavy atom. The van der Waals surface area contributed by atoms with Gasteiger partial charge in [-0.05, 0) is 43.4 Å². The van der Waals surface area contributed by atoms with E-state index in [0.29, 0.717) is 5.92 Å². The smallest absolute Gasteiger partial charge is 0.309 e. The first kappa shape index (κ1) is 15.5. The largest absolute Gasteiger partial charge is 0.452 e. The van der Waals surface area contributed by atoms with Crippen molar-refractivity contribution in [3.05, 3.63) is 29.8 Å². The van der Waals surface area contributed by atoms with Crippen LogP contribution in [-0.4, -0.2) is 18.0 Å². The lowest BCUT2D eigenvalue weighted by Gasteiger charge is -2.24. The van der Waals surface area contributed by atoms with Crippen LogP contribution in [0.25, 0.3) is 0 Å². The fraction of sp³-hybridized carbons (Fsp3) is 0.529. The molecular formula is C17H23NO3. The van der Waals surface area contributed by atoms with Crippen LogP contribution in [0.15, 0.2) is 24.3 Å². The zero-order valence-electron chi connectivity index (χ0n) is 12.9. The molecule has 0 heterocycles. The molecule has 1 aromatic rings. The molecule has 1 aliphatic carbocycles. The Balaban J connectivity index is 1.86.